The Morgan fingerprint density at radius 3 is 2.42 bits per heavy atom. The number of carbonyl (C=O) groups excluding carboxylic acids is 2. The first-order valence-corrected chi connectivity index (χ1v) is 8.47. The molecule has 0 fully saturated rings. The summed E-state index contributed by atoms with van der Waals surface area (Å²) >= 11 is 3.39. The number of halogens is 1. The number of nitrogens with one attached hydrogen (secondary N) is 3. The van der Waals surface area contributed by atoms with Crippen molar-refractivity contribution in [3.8, 4) is 0 Å². The number of hydrogen-bond donors (Lipinski definition) is 3. The topological polar surface area (TPSA) is 70.2 Å². The van der Waals surface area contributed by atoms with E-state index < -0.39 is 0 Å². The highest BCUT2D eigenvalue weighted by Gasteiger charge is 2.07. The van der Waals surface area contributed by atoms with Crippen LogP contribution in [0.1, 0.15) is 18.9 Å². The Morgan fingerprint density at radius 2 is 1.71 bits per heavy atom. The van der Waals surface area contributed by atoms with Gasteiger partial charge in [0.25, 0.3) is 0 Å². The predicted octanol–water partition coefficient (Wildman–Crippen LogP) is 4.16. The van der Waals surface area contributed by atoms with E-state index in [1.165, 1.54) is 0 Å². The van der Waals surface area contributed by atoms with Crippen molar-refractivity contribution in [3.63, 3.8) is 0 Å². The first kappa shape index (κ1) is 18.0. The number of hydrogen-bond acceptors (Lipinski definition) is 3. The van der Waals surface area contributed by atoms with E-state index in [1.807, 2.05) is 49.4 Å². The van der Waals surface area contributed by atoms with Gasteiger partial charge in [-0.3, -0.25) is 9.59 Å². The highest BCUT2D eigenvalue weighted by molar-refractivity contribution is 9.10. The van der Waals surface area contributed by atoms with E-state index in [4.69, 9.17) is 0 Å². The zero-order valence-electron chi connectivity index (χ0n) is 13.7. The number of anilines is 3. The van der Waals surface area contributed by atoms with Crippen molar-refractivity contribution < 1.29 is 9.59 Å². The molecule has 3 N–H and O–H groups in total. The minimum Gasteiger partial charge on any atom is -0.376 e. The van der Waals surface area contributed by atoms with Crippen LogP contribution in [-0.2, 0) is 9.59 Å². The van der Waals surface area contributed by atoms with Gasteiger partial charge in [0.15, 0.2) is 0 Å². The summed E-state index contributed by atoms with van der Waals surface area (Å²) in [5.74, 6) is -0.191. The zero-order valence-corrected chi connectivity index (χ0v) is 15.2. The van der Waals surface area contributed by atoms with Crippen LogP contribution in [0.15, 0.2) is 46.9 Å². The van der Waals surface area contributed by atoms with Crippen LogP contribution in [0.2, 0.25) is 0 Å². The van der Waals surface area contributed by atoms with Gasteiger partial charge < -0.3 is 16.0 Å². The van der Waals surface area contributed by atoms with Crippen LogP contribution in [-0.4, -0.2) is 18.4 Å². The summed E-state index contributed by atoms with van der Waals surface area (Å²) in [5.41, 5.74) is 3.22. The third-order valence-corrected chi connectivity index (χ3v) is 4.13. The van der Waals surface area contributed by atoms with Gasteiger partial charge in [0.2, 0.25) is 11.8 Å². The Bertz CT molecular complexity index is 747. The molecule has 5 nitrogen and oxygen atoms in total. The minimum atomic E-state index is -0.151. The molecule has 0 aromatic heterocycles. The molecule has 126 valence electrons. The molecule has 0 aliphatic rings. The van der Waals surface area contributed by atoms with Gasteiger partial charge in [0.05, 0.1) is 12.2 Å². The van der Waals surface area contributed by atoms with Crippen molar-refractivity contribution >= 4 is 44.8 Å². The van der Waals surface area contributed by atoms with E-state index >= 15 is 0 Å². The van der Waals surface area contributed by atoms with Crippen LogP contribution >= 0.6 is 15.9 Å². The van der Waals surface area contributed by atoms with Crippen LogP contribution in [0.25, 0.3) is 0 Å². The van der Waals surface area contributed by atoms with E-state index in [0.717, 1.165) is 27.1 Å². The van der Waals surface area contributed by atoms with Gasteiger partial charge in [-0.25, -0.2) is 0 Å². The van der Waals surface area contributed by atoms with Crippen molar-refractivity contribution in [1.82, 2.24) is 0 Å². The maximum absolute atomic E-state index is 12.0. The van der Waals surface area contributed by atoms with Gasteiger partial charge in [0, 0.05) is 22.3 Å². The van der Waals surface area contributed by atoms with Crippen molar-refractivity contribution in [2.75, 3.05) is 22.5 Å². The van der Waals surface area contributed by atoms with E-state index in [2.05, 4.69) is 31.9 Å². The highest BCUT2D eigenvalue weighted by Crippen LogP contribution is 2.22. The van der Waals surface area contributed by atoms with E-state index in [0.29, 0.717) is 6.42 Å². The molecule has 0 heterocycles. The molecule has 0 saturated carbocycles. The van der Waals surface area contributed by atoms with Crippen LogP contribution in [0.5, 0.6) is 0 Å². The fraction of sp³-hybridized carbons (Fsp3) is 0.222. The molecule has 0 unspecified atom stereocenters. The Morgan fingerprint density at radius 1 is 1.00 bits per heavy atom. The SMILES string of the molecule is CCC(=O)Nc1cc(NCC(=O)Nc2ccccc2Br)ccc1C. The van der Waals surface area contributed by atoms with Gasteiger partial charge in [-0.1, -0.05) is 25.1 Å². The molecule has 0 aliphatic heterocycles. The zero-order chi connectivity index (χ0) is 17.5. The number of rotatable bonds is 6. The largest absolute Gasteiger partial charge is 0.376 e. The molecule has 0 atom stereocenters. The summed E-state index contributed by atoms with van der Waals surface area (Å²) in [6.07, 6.45) is 0.422. The molecule has 24 heavy (non-hydrogen) atoms. The van der Waals surface area contributed by atoms with Crippen LogP contribution in [0.4, 0.5) is 17.1 Å². The molecular formula is C18H20BrN3O2. The van der Waals surface area contributed by atoms with Crippen LogP contribution in [0.3, 0.4) is 0 Å². The molecule has 6 heteroatoms. The fourth-order valence-corrected chi connectivity index (χ4v) is 2.43. The summed E-state index contributed by atoms with van der Waals surface area (Å²) < 4.78 is 0.832. The molecule has 0 saturated heterocycles. The summed E-state index contributed by atoms with van der Waals surface area (Å²) in [4.78, 5) is 23.6. The normalized spacial score (nSPS) is 10.1. The number of carbonyl (C=O) groups is 2. The Hall–Kier alpha value is -2.34. The van der Waals surface area contributed by atoms with E-state index in [1.54, 1.807) is 6.92 Å². The third kappa shape index (κ3) is 5.09. The Labute approximate surface area is 150 Å². The summed E-state index contributed by atoms with van der Waals surface area (Å²) in [6, 6.07) is 13.0. The fourth-order valence-electron chi connectivity index (χ4n) is 2.04. The molecule has 2 amide bonds. The number of para-hydroxylation sites is 1. The quantitative estimate of drug-likeness (QED) is 0.694. The monoisotopic (exact) mass is 389 g/mol. The molecule has 2 aromatic rings. The second-order valence-corrected chi connectivity index (χ2v) is 6.17. The summed E-state index contributed by atoms with van der Waals surface area (Å²) in [6.45, 7) is 3.86. The lowest BCUT2D eigenvalue weighted by Gasteiger charge is -2.12. The predicted molar refractivity (Wildman–Crippen MR) is 101 cm³/mol. The van der Waals surface area contributed by atoms with Crippen molar-refractivity contribution in [2.24, 2.45) is 0 Å². The molecular weight excluding hydrogens is 370 g/mol. The Kier molecular flexibility index (Phi) is 6.37. The minimum absolute atomic E-state index is 0.0399. The molecule has 0 aliphatic carbocycles. The summed E-state index contributed by atoms with van der Waals surface area (Å²) in [5, 5.41) is 8.74. The van der Waals surface area contributed by atoms with E-state index in [-0.39, 0.29) is 18.4 Å². The second kappa shape index (κ2) is 8.49. The lowest BCUT2D eigenvalue weighted by Crippen LogP contribution is -2.22. The molecule has 0 bridgehead atoms. The van der Waals surface area contributed by atoms with Crippen molar-refractivity contribution in [1.29, 1.82) is 0 Å². The maximum atomic E-state index is 12.0. The number of amides is 2. The van der Waals surface area contributed by atoms with E-state index in [9.17, 15) is 9.59 Å². The first-order chi connectivity index (χ1) is 11.5. The van der Waals surface area contributed by atoms with Gasteiger partial charge in [-0.2, -0.15) is 0 Å². The molecule has 0 spiro atoms. The van der Waals surface area contributed by atoms with Crippen LogP contribution < -0.4 is 16.0 Å². The smallest absolute Gasteiger partial charge is 0.243 e. The third-order valence-electron chi connectivity index (χ3n) is 3.43. The van der Waals surface area contributed by atoms with Crippen molar-refractivity contribution in [3.05, 3.63) is 52.5 Å². The molecule has 2 aromatic carbocycles. The first-order valence-electron chi connectivity index (χ1n) is 7.68. The number of aryl methyl sites for hydroxylation is 1. The second-order valence-electron chi connectivity index (χ2n) is 5.31. The van der Waals surface area contributed by atoms with Gasteiger partial charge in [-0.05, 0) is 52.7 Å². The molecule has 0 radical (unpaired) electrons. The Balaban J connectivity index is 1.96. The lowest BCUT2D eigenvalue weighted by atomic mass is 10.1. The lowest BCUT2D eigenvalue weighted by molar-refractivity contribution is -0.116. The average Bonchev–Trinajstić information content (AvgIpc) is 2.57. The highest BCUT2D eigenvalue weighted by atomic mass is 79.9. The maximum Gasteiger partial charge on any atom is 0.243 e. The molecule has 2 rings (SSSR count). The average molecular weight is 390 g/mol. The van der Waals surface area contributed by atoms with Gasteiger partial charge in [-0.15, -0.1) is 0 Å². The van der Waals surface area contributed by atoms with Gasteiger partial charge >= 0.3 is 0 Å². The van der Waals surface area contributed by atoms with Crippen LogP contribution in [0, 0.1) is 6.92 Å². The van der Waals surface area contributed by atoms with Gasteiger partial charge in [0.1, 0.15) is 0 Å². The number of benzene rings is 2. The summed E-state index contributed by atoms with van der Waals surface area (Å²) in [7, 11) is 0. The van der Waals surface area contributed by atoms with Crippen molar-refractivity contribution in [2.45, 2.75) is 20.3 Å². The standard InChI is InChI=1S/C18H20BrN3O2/c1-3-17(23)22-16-10-13(9-8-12(16)2)20-11-18(24)21-15-7-5-4-6-14(15)19/h4-10,20H,3,11H2,1-2H3,(H,21,24)(H,22,23).